The lowest BCUT2D eigenvalue weighted by Crippen LogP contribution is -2.41. The number of halogens is 1. The number of aromatic nitrogens is 5. The van der Waals surface area contributed by atoms with Gasteiger partial charge in [0.15, 0.2) is 11.6 Å². The number of amides is 1. The van der Waals surface area contributed by atoms with Crippen LogP contribution in [0.4, 0.5) is 14.9 Å². The molecule has 3 heterocycles. The van der Waals surface area contributed by atoms with Crippen LogP contribution in [-0.4, -0.2) is 63.0 Å². The second-order valence-corrected chi connectivity index (χ2v) is 9.63. The number of carboxylic acid groups (broad SMARTS) is 1. The van der Waals surface area contributed by atoms with E-state index < -0.39 is 18.0 Å². The Bertz CT molecular complexity index is 1680. The topological polar surface area (TPSA) is 133 Å². The molecule has 0 aliphatic heterocycles. The standard InChI is InChI=1S/C26H23FN6O5S/c1-13-5-16(23-19(6-13)31-22(36-3)11-28-23)24-32-18-7-17(27)20(8-21(18)39-24)38-12-14(2)33(26(34)35)15-9-29-25(37-4)30-10-15/h5-11,14H,12H2,1-4H3,(H,34,35)/t14-/m1/s1. The molecule has 0 bridgehead atoms. The number of carbonyl (C=O) groups is 1. The van der Waals surface area contributed by atoms with Crippen molar-refractivity contribution in [3.63, 3.8) is 0 Å². The summed E-state index contributed by atoms with van der Waals surface area (Å²) in [6, 6.07) is 6.16. The number of ether oxygens (including phenoxy) is 3. The van der Waals surface area contributed by atoms with Gasteiger partial charge in [-0.2, -0.15) is 0 Å². The molecule has 1 amide bonds. The Morgan fingerprint density at radius 2 is 1.82 bits per heavy atom. The fourth-order valence-corrected chi connectivity index (χ4v) is 5.04. The predicted octanol–water partition coefficient (Wildman–Crippen LogP) is 5.11. The molecule has 0 aliphatic rings. The number of methoxy groups -OCH3 is 2. The van der Waals surface area contributed by atoms with Crippen LogP contribution in [0, 0.1) is 12.7 Å². The van der Waals surface area contributed by atoms with Crippen LogP contribution in [0.3, 0.4) is 0 Å². The average Bonchev–Trinajstić information content (AvgIpc) is 3.33. The summed E-state index contributed by atoms with van der Waals surface area (Å²) in [7, 11) is 2.94. The van der Waals surface area contributed by atoms with Crippen molar-refractivity contribution in [2.45, 2.75) is 19.9 Å². The summed E-state index contributed by atoms with van der Waals surface area (Å²) < 4.78 is 31.5. The minimum Gasteiger partial charge on any atom is -0.488 e. The van der Waals surface area contributed by atoms with Gasteiger partial charge in [-0.05, 0) is 31.5 Å². The lowest BCUT2D eigenvalue weighted by molar-refractivity contribution is 0.193. The quantitative estimate of drug-likeness (QED) is 0.278. The van der Waals surface area contributed by atoms with Gasteiger partial charge in [0.1, 0.15) is 11.6 Å². The monoisotopic (exact) mass is 550 g/mol. The first-order valence-corrected chi connectivity index (χ1v) is 12.5. The Morgan fingerprint density at radius 3 is 2.51 bits per heavy atom. The van der Waals surface area contributed by atoms with E-state index in [0.717, 1.165) is 16.0 Å². The molecule has 2 aromatic carbocycles. The molecule has 1 atom stereocenters. The average molecular weight is 551 g/mol. The molecule has 1 N–H and O–H groups in total. The summed E-state index contributed by atoms with van der Waals surface area (Å²) in [5.41, 5.74) is 3.76. The van der Waals surface area contributed by atoms with Gasteiger partial charge < -0.3 is 19.3 Å². The third-order valence-corrected chi connectivity index (χ3v) is 6.90. The van der Waals surface area contributed by atoms with E-state index in [4.69, 9.17) is 14.2 Å². The Hall–Kier alpha value is -4.65. The zero-order chi connectivity index (χ0) is 27.7. The maximum absolute atomic E-state index is 15.0. The molecule has 3 aromatic heterocycles. The molecular weight excluding hydrogens is 527 g/mol. The van der Waals surface area contributed by atoms with E-state index in [0.29, 0.717) is 32.1 Å². The number of hydrogen-bond acceptors (Lipinski definition) is 10. The van der Waals surface area contributed by atoms with Crippen molar-refractivity contribution in [1.29, 1.82) is 0 Å². The second-order valence-electron chi connectivity index (χ2n) is 8.60. The van der Waals surface area contributed by atoms with Crippen LogP contribution in [0.2, 0.25) is 0 Å². The number of thiazole rings is 1. The van der Waals surface area contributed by atoms with E-state index in [1.54, 1.807) is 19.2 Å². The van der Waals surface area contributed by atoms with E-state index in [9.17, 15) is 14.3 Å². The van der Waals surface area contributed by atoms with E-state index in [2.05, 4.69) is 24.9 Å². The molecule has 0 radical (unpaired) electrons. The zero-order valence-corrected chi connectivity index (χ0v) is 22.2. The number of anilines is 1. The molecule has 39 heavy (non-hydrogen) atoms. The summed E-state index contributed by atoms with van der Waals surface area (Å²) >= 11 is 1.36. The van der Waals surface area contributed by atoms with Gasteiger partial charge >= 0.3 is 12.1 Å². The van der Waals surface area contributed by atoms with Crippen LogP contribution in [0.25, 0.3) is 31.8 Å². The second kappa shape index (κ2) is 10.6. The van der Waals surface area contributed by atoms with Crippen LogP contribution in [0.15, 0.2) is 42.9 Å². The lowest BCUT2D eigenvalue weighted by atomic mass is 10.1. The number of hydrogen-bond donors (Lipinski definition) is 1. The highest BCUT2D eigenvalue weighted by atomic mass is 32.1. The molecule has 0 spiro atoms. The summed E-state index contributed by atoms with van der Waals surface area (Å²) in [4.78, 5) is 34.5. The van der Waals surface area contributed by atoms with Crippen LogP contribution in [-0.2, 0) is 0 Å². The molecule has 0 aliphatic carbocycles. The summed E-state index contributed by atoms with van der Waals surface area (Å²) in [6.45, 7) is 3.47. The van der Waals surface area contributed by atoms with Crippen LogP contribution >= 0.6 is 11.3 Å². The molecule has 0 saturated carbocycles. The molecular formula is C26H23FN6O5S. The lowest BCUT2D eigenvalue weighted by Gasteiger charge is -2.26. The number of fused-ring (bicyclic) bond motifs is 2. The molecule has 5 rings (SSSR count). The normalized spacial score (nSPS) is 11.9. The number of rotatable bonds is 8. The Morgan fingerprint density at radius 1 is 1.05 bits per heavy atom. The minimum absolute atomic E-state index is 0.0144. The van der Waals surface area contributed by atoms with Crippen molar-refractivity contribution in [1.82, 2.24) is 24.9 Å². The third-order valence-electron chi connectivity index (χ3n) is 5.85. The van der Waals surface area contributed by atoms with E-state index in [1.807, 2.05) is 19.1 Å². The molecule has 13 heteroatoms. The van der Waals surface area contributed by atoms with Crippen LogP contribution in [0.1, 0.15) is 12.5 Å². The fourth-order valence-electron chi connectivity index (χ4n) is 4.04. The van der Waals surface area contributed by atoms with Gasteiger partial charge in [0.2, 0.25) is 5.88 Å². The minimum atomic E-state index is -1.23. The number of nitrogens with zero attached hydrogens (tertiary/aromatic N) is 6. The maximum atomic E-state index is 15.0. The van der Waals surface area contributed by atoms with Crippen molar-refractivity contribution in [2.24, 2.45) is 0 Å². The SMILES string of the molecule is COc1cnc2c(-c3nc4cc(F)c(OC[C@@H](C)N(C(=O)O)c5cnc(OC)nc5)cc4s3)cc(C)cc2n1. The summed E-state index contributed by atoms with van der Waals surface area (Å²) in [5.74, 6) is -0.221. The largest absolute Gasteiger partial charge is 0.488 e. The van der Waals surface area contributed by atoms with Gasteiger partial charge in [0, 0.05) is 17.7 Å². The van der Waals surface area contributed by atoms with E-state index in [-0.39, 0.29) is 24.1 Å². The van der Waals surface area contributed by atoms with Crippen molar-refractivity contribution >= 4 is 44.4 Å². The van der Waals surface area contributed by atoms with Gasteiger partial charge in [-0.3, -0.25) is 4.90 Å². The Kier molecular flexibility index (Phi) is 7.07. The smallest absolute Gasteiger partial charge is 0.412 e. The summed E-state index contributed by atoms with van der Waals surface area (Å²) in [6.07, 6.45) is 2.98. The molecule has 11 nitrogen and oxygen atoms in total. The molecule has 200 valence electrons. The maximum Gasteiger partial charge on any atom is 0.412 e. The number of aryl methyl sites for hydroxylation is 1. The van der Waals surface area contributed by atoms with Crippen molar-refractivity contribution in [2.75, 3.05) is 25.7 Å². The Balaban J connectivity index is 1.41. The van der Waals surface area contributed by atoms with Crippen LogP contribution in [0.5, 0.6) is 17.6 Å². The van der Waals surface area contributed by atoms with E-state index >= 15 is 0 Å². The third kappa shape index (κ3) is 5.21. The van der Waals surface area contributed by atoms with Crippen LogP contribution < -0.4 is 19.1 Å². The molecule has 0 unspecified atom stereocenters. The zero-order valence-electron chi connectivity index (χ0n) is 21.4. The number of benzene rings is 2. The highest BCUT2D eigenvalue weighted by molar-refractivity contribution is 7.21. The highest BCUT2D eigenvalue weighted by Crippen LogP contribution is 2.37. The van der Waals surface area contributed by atoms with Gasteiger partial charge in [-0.25, -0.2) is 34.1 Å². The van der Waals surface area contributed by atoms with Crippen molar-refractivity contribution in [3.05, 3.63) is 54.2 Å². The van der Waals surface area contributed by atoms with Gasteiger partial charge in [-0.1, -0.05) is 0 Å². The first kappa shape index (κ1) is 26.0. The predicted molar refractivity (Wildman–Crippen MR) is 143 cm³/mol. The molecule has 0 saturated heterocycles. The highest BCUT2D eigenvalue weighted by Gasteiger charge is 2.24. The first-order chi connectivity index (χ1) is 18.8. The molecule has 5 aromatic rings. The van der Waals surface area contributed by atoms with Gasteiger partial charge in [0.05, 0.1) is 65.8 Å². The fraction of sp³-hybridized carbons (Fsp3) is 0.231. The molecule has 0 fully saturated rings. The van der Waals surface area contributed by atoms with Crippen molar-refractivity contribution in [3.8, 4) is 28.2 Å². The summed E-state index contributed by atoms with van der Waals surface area (Å²) in [5, 5.41) is 10.4. The van der Waals surface area contributed by atoms with Crippen molar-refractivity contribution < 1.29 is 28.5 Å². The van der Waals surface area contributed by atoms with Gasteiger partial charge in [0.25, 0.3) is 0 Å². The van der Waals surface area contributed by atoms with Gasteiger partial charge in [-0.15, -0.1) is 11.3 Å². The Labute approximate surface area is 225 Å². The first-order valence-electron chi connectivity index (χ1n) is 11.7. The van der Waals surface area contributed by atoms with E-state index in [1.165, 1.54) is 44.0 Å².